The van der Waals surface area contributed by atoms with Gasteiger partial charge in [0.15, 0.2) is 0 Å². The minimum Gasteiger partial charge on any atom is -0.481 e. The van der Waals surface area contributed by atoms with Crippen molar-refractivity contribution in [3.05, 3.63) is 0 Å². The number of hydrogen-bond acceptors (Lipinski definition) is 6. The quantitative estimate of drug-likeness (QED) is 0.335. The molecule has 0 spiro atoms. The number of rotatable bonds is 11. The van der Waals surface area contributed by atoms with Gasteiger partial charge in [-0.2, -0.15) is 0 Å². The third kappa shape index (κ3) is 15.5. The number of carbonyl (C=O) groups excluding carboxylic acids is 2. The summed E-state index contributed by atoms with van der Waals surface area (Å²) in [6, 6.07) is 0. The normalized spacial score (nSPS) is 11.0. The Morgan fingerprint density at radius 1 is 1.05 bits per heavy atom. The number of carboxylic acids is 1. The molecule has 0 saturated carbocycles. The lowest BCUT2D eigenvalue weighted by atomic mass is 10.2. The summed E-state index contributed by atoms with van der Waals surface area (Å²) in [7, 11) is 3.26. The van der Waals surface area contributed by atoms with Crippen molar-refractivity contribution in [2.24, 2.45) is 0 Å². The number of nitrogens with one attached hydrogen (secondary N) is 1. The van der Waals surface area contributed by atoms with Gasteiger partial charge in [0.05, 0.1) is 6.42 Å². The van der Waals surface area contributed by atoms with Crippen molar-refractivity contribution in [2.75, 3.05) is 18.1 Å². The number of ether oxygens (including phenoxy) is 1. The highest BCUT2D eigenvalue weighted by molar-refractivity contribution is 8.76. The van der Waals surface area contributed by atoms with Gasteiger partial charge in [-0.25, -0.2) is 0 Å². The molecule has 0 saturated heterocycles. The molecule has 0 radical (unpaired) electrons. The van der Waals surface area contributed by atoms with Crippen LogP contribution in [0.25, 0.3) is 0 Å². The molecule has 1 amide bonds. The van der Waals surface area contributed by atoms with Crippen LogP contribution in [-0.2, 0) is 19.1 Å². The summed E-state index contributed by atoms with van der Waals surface area (Å²) >= 11 is 0. The third-order valence-electron chi connectivity index (χ3n) is 2.19. The Kier molecular flexibility index (Phi) is 11.2. The van der Waals surface area contributed by atoms with Crippen LogP contribution in [0.1, 0.15) is 46.5 Å². The van der Waals surface area contributed by atoms with Crippen LogP contribution < -0.4 is 5.32 Å². The first-order valence-electron chi connectivity index (χ1n) is 7.15. The second-order valence-electron chi connectivity index (χ2n) is 5.58. The van der Waals surface area contributed by atoms with Gasteiger partial charge >= 0.3 is 11.9 Å². The van der Waals surface area contributed by atoms with Gasteiger partial charge in [-0.3, -0.25) is 14.4 Å². The molecule has 0 heterocycles. The molecule has 0 rings (SSSR count). The molecule has 0 atom stereocenters. The summed E-state index contributed by atoms with van der Waals surface area (Å²) in [5.41, 5.74) is -0.433. The zero-order valence-corrected chi connectivity index (χ0v) is 15.0. The topological polar surface area (TPSA) is 92.7 Å². The second-order valence-corrected chi connectivity index (χ2v) is 8.28. The first-order valence-corrected chi connectivity index (χ1v) is 9.64. The van der Waals surface area contributed by atoms with Crippen LogP contribution in [-0.4, -0.2) is 46.6 Å². The summed E-state index contributed by atoms with van der Waals surface area (Å²) in [4.78, 5) is 33.0. The molecule has 128 valence electrons. The van der Waals surface area contributed by atoms with E-state index in [4.69, 9.17) is 9.84 Å². The highest BCUT2D eigenvalue weighted by Crippen LogP contribution is 2.22. The molecule has 6 nitrogen and oxygen atoms in total. The van der Waals surface area contributed by atoms with Crippen LogP contribution in [0.3, 0.4) is 0 Å². The van der Waals surface area contributed by atoms with Gasteiger partial charge < -0.3 is 15.2 Å². The number of hydrogen-bond donors (Lipinski definition) is 2. The van der Waals surface area contributed by atoms with Crippen LogP contribution in [0.4, 0.5) is 0 Å². The van der Waals surface area contributed by atoms with Crippen molar-refractivity contribution in [3.63, 3.8) is 0 Å². The van der Waals surface area contributed by atoms with E-state index < -0.39 is 11.6 Å². The van der Waals surface area contributed by atoms with Crippen molar-refractivity contribution >= 4 is 39.4 Å². The Balaban J connectivity index is 3.39. The number of esters is 1. The number of aliphatic carboxylic acids is 1. The maximum atomic E-state index is 11.5. The maximum Gasteiger partial charge on any atom is 0.306 e. The van der Waals surface area contributed by atoms with Crippen LogP contribution in [0.5, 0.6) is 0 Å². The summed E-state index contributed by atoms with van der Waals surface area (Å²) in [6.07, 6.45) is 1.05. The van der Waals surface area contributed by atoms with E-state index in [1.54, 1.807) is 21.6 Å². The third-order valence-corrected chi connectivity index (χ3v) is 4.68. The molecule has 8 heteroatoms. The zero-order valence-electron chi connectivity index (χ0n) is 13.3. The zero-order chi connectivity index (χ0) is 17.0. The molecule has 0 aliphatic heterocycles. The fraction of sp³-hybridized carbons (Fsp3) is 0.786. The van der Waals surface area contributed by atoms with Crippen molar-refractivity contribution in [3.8, 4) is 0 Å². The van der Waals surface area contributed by atoms with Crippen molar-refractivity contribution in [1.82, 2.24) is 5.32 Å². The minimum atomic E-state index is -0.968. The van der Waals surface area contributed by atoms with E-state index in [1.807, 2.05) is 20.8 Å². The van der Waals surface area contributed by atoms with Gasteiger partial charge in [0.1, 0.15) is 5.60 Å². The van der Waals surface area contributed by atoms with Crippen molar-refractivity contribution in [2.45, 2.75) is 52.1 Å². The molecule has 0 unspecified atom stereocenters. The number of carbonyl (C=O) groups is 3. The van der Waals surface area contributed by atoms with E-state index >= 15 is 0 Å². The standard InChI is InChI=1S/C14H25NO5S2/c1-14(2,3)20-13(19)5-4-9-21-22-10-8-15-11(16)6-7-12(17)18/h4-10H2,1-3H3,(H,15,16)(H,17,18). The van der Waals surface area contributed by atoms with Gasteiger partial charge in [0.25, 0.3) is 0 Å². The molecule has 0 aromatic carbocycles. The molecular formula is C14H25NO5S2. The first kappa shape index (κ1) is 21.1. The van der Waals surface area contributed by atoms with Crippen LogP contribution in [0.15, 0.2) is 0 Å². The summed E-state index contributed by atoms with van der Waals surface area (Å²) in [5, 5.41) is 11.1. The summed E-state index contributed by atoms with van der Waals surface area (Å²) < 4.78 is 5.20. The van der Waals surface area contributed by atoms with E-state index in [2.05, 4.69) is 5.32 Å². The monoisotopic (exact) mass is 351 g/mol. The summed E-state index contributed by atoms with van der Waals surface area (Å²) in [5.74, 6) is 0.207. The largest absolute Gasteiger partial charge is 0.481 e. The minimum absolute atomic E-state index is 0.0169. The van der Waals surface area contributed by atoms with Crippen LogP contribution in [0, 0.1) is 0 Å². The lowest BCUT2D eigenvalue weighted by Crippen LogP contribution is -2.25. The highest BCUT2D eigenvalue weighted by Gasteiger charge is 2.15. The molecule has 0 aromatic rings. The molecule has 0 aliphatic rings. The van der Waals surface area contributed by atoms with E-state index in [1.165, 1.54) is 0 Å². The lowest BCUT2D eigenvalue weighted by molar-refractivity contribution is -0.154. The predicted molar refractivity (Wildman–Crippen MR) is 89.9 cm³/mol. The highest BCUT2D eigenvalue weighted by atomic mass is 33.1. The fourth-order valence-corrected chi connectivity index (χ4v) is 3.32. The number of carboxylic acid groups (broad SMARTS) is 1. The average Bonchev–Trinajstić information content (AvgIpc) is 2.37. The van der Waals surface area contributed by atoms with Gasteiger partial charge in [-0.05, 0) is 27.2 Å². The Morgan fingerprint density at radius 2 is 1.68 bits per heavy atom. The van der Waals surface area contributed by atoms with Crippen LogP contribution in [0.2, 0.25) is 0 Å². The van der Waals surface area contributed by atoms with E-state index in [0.717, 1.165) is 17.9 Å². The molecule has 0 fully saturated rings. The SMILES string of the molecule is CC(C)(C)OC(=O)CCCSSCCNC(=O)CCC(=O)O. The van der Waals surface area contributed by atoms with E-state index in [0.29, 0.717) is 13.0 Å². The average molecular weight is 351 g/mol. The molecule has 22 heavy (non-hydrogen) atoms. The first-order chi connectivity index (χ1) is 10.2. The Bertz CT molecular complexity index is 369. The fourth-order valence-electron chi connectivity index (χ4n) is 1.33. The second kappa shape index (κ2) is 11.6. The van der Waals surface area contributed by atoms with Crippen molar-refractivity contribution in [1.29, 1.82) is 0 Å². The smallest absolute Gasteiger partial charge is 0.306 e. The lowest BCUT2D eigenvalue weighted by Gasteiger charge is -2.19. The molecular weight excluding hydrogens is 326 g/mol. The van der Waals surface area contributed by atoms with Crippen molar-refractivity contribution < 1.29 is 24.2 Å². The van der Waals surface area contributed by atoms with Gasteiger partial charge in [-0.1, -0.05) is 21.6 Å². The van der Waals surface area contributed by atoms with Gasteiger partial charge in [0.2, 0.25) is 5.91 Å². The Labute approximate surface area is 139 Å². The molecule has 0 aromatic heterocycles. The van der Waals surface area contributed by atoms with Crippen LogP contribution >= 0.6 is 21.6 Å². The van der Waals surface area contributed by atoms with Gasteiger partial charge in [0, 0.05) is 30.9 Å². The maximum absolute atomic E-state index is 11.5. The van der Waals surface area contributed by atoms with Gasteiger partial charge in [-0.15, -0.1) is 0 Å². The summed E-state index contributed by atoms with van der Waals surface area (Å²) in [6.45, 7) is 6.06. The van der Waals surface area contributed by atoms with E-state index in [-0.39, 0.29) is 24.7 Å². The Morgan fingerprint density at radius 3 is 2.27 bits per heavy atom. The number of amides is 1. The molecule has 0 aliphatic carbocycles. The predicted octanol–water partition coefficient (Wildman–Crippen LogP) is 2.47. The Hall–Kier alpha value is -0.890. The molecule has 2 N–H and O–H groups in total. The molecule has 0 bridgehead atoms. The van der Waals surface area contributed by atoms with E-state index in [9.17, 15) is 14.4 Å².